The third kappa shape index (κ3) is 3.56. The lowest BCUT2D eigenvalue weighted by Crippen LogP contribution is -2.12. The molecule has 0 amide bonds. The lowest BCUT2D eigenvalue weighted by atomic mass is 10.1. The summed E-state index contributed by atoms with van der Waals surface area (Å²) in [6.07, 6.45) is 2.90. The zero-order valence-corrected chi connectivity index (χ0v) is 11.4. The van der Waals surface area contributed by atoms with Gasteiger partial charge in [-0.05, 0) is 17.5 Å². The number of rotatable bonds is 5. The standard InChI is InChI=1S/C13H16N2S2/c1-2-10-3-5-11(6-4-10)12(14)9-17-13-15-7-8-16-13/h3-8,12H,2,9,14H2,1H3. The van der Waals surface area contributed by atoms with Crippen LogP contribution in [-0.2, 0) is 6.42 Å². The van der Waals surface area contributed by atoms with Gasteiger partial charge >= 0.3 is 0 Å². The molecule has 0 saturated heterocycles. The van der Waals surface area contributed by atoms with Gasteiger partial charge in [-0.1, -0.05) is 43.0 Å². The first-order valence-electron chi connectivity index (χ1n) is 5.66. The SMILES string of the molecule is CCc1ccc(C(N)CSc2nccs2)cc1. The molecule has 0 aliphatic rings. The molecule has 1 atom stereocenters. The Morgan fingerprint density at radius 1 is 1.35 bits per heavy atom. The van der Waals surface area contributed by atoms with Crippen molar-refractivity contribution in [3.63, 3.8) is 0 Å². The Balaban J connectivity index is 1.92. The van der Waals surface area contributed by atoms with Crippen LogP contribution >= 0.6 is 23.1 Å². The van der Waals surface area contributed by atoms with Gasteiger partial charge in [0.05, 0.1) is 0 Å². The van der Waals surface area contributed by atoms with Crippen molar-refractivity contribution in [2.24, 2.45) is 5.73 Å². The van der Waals surface area contributed by atoms with Gasteiger partial charge in [0, 0.05) is 23.4 Å². The van der Waals surface area contributed by atoms with Crippen LogP contribution in [0, 0.1) is 0 Å². The Kier molecular flexibility index (Phi) is 4.59. The third-order valence-corrected chi connectivity index (χ3v) is 4.70. The van der Waals surface area contributed by atoms with Crippen LogP contribution in [0.15, 0.2) is 40.2 Å². The maximum absolute atomic E-state index is 6.16. The number of nitrogens with zero attached hydrogens (tertiary/aromatic N) is 1. The van der Waals surface area contributed by atoms with E-state index >= 15 is 0 Å². The number of hydrogen-bond donors (Lipinski definition) is 1. The summed E-state index contributed by atoms with van der Waals surface area (Å²) >= 11 is 3.38. The van der Waals surface area contributed by atoms with E-state index in [0.717, 1.165) is 16.5 Å². The van der Waals surface area contributed by atoms with Crippen LogP contribution in [0.5, 0.6) is 0 Å². The lowest BCUT2D eigenvalue weighted by Gasteiger charge is -2.11. The van der Waals surface area contributed by atoms with E-state index in [4.69, 9.17) is 5.73 Å². The van der Waals surface area contributed by atoms with Gasteiger partial charge < -0.3 is 5.73 Å². The van der Waals surface area contributed by atoms with E-state index in [1.165, 1.54) is 11.1 Å². The van der Waals surface area contributed by atoms with Crippen LogP contribution in [0.1, 0.15) is 24.1 Å². The normalized spacial score (nSPS) is 12.6. The molecule has 1 heterocycles. The van der Waals surface area contributed by atoms with Gasteiger partial charge in [-0.3, -0.25) is 0 Å². The third-order valence-electron chi connectivity index (χ3n) is 2.61. The van der Waals surface area contributed by atoms with Crippen molar-refractivity contribution in [3.05, 3.63) is 47.0 Å². The molecule has 0 aliphatic heterocycles. The van der Waals surface area contributed by atoms with Crippen molar-refractivity contribution in [2.45, 2.75) is 23.7 Å². The average Bonchev–Trinajstić information content (AvgIpc) is 2.89. The van der Waals surface area contributed by atoms with E-state index in [1.807, 2.05) is 11.6 Å². The van der Waals surface area contributed by atoms with E-state index in [0.29, 0.717) is 0 Å². The minimum absolute atomic E-state index is 0.0785. The molecular weight excluding hydrogens is 248 g/mol. The second-order valence-electron chi connectivity index (χ2n) is 3.81. The number of benzene rings is 1. The summed E-state index contributed by atoms with van der Waals surface area (Å²) in [5.74, 6) is 0.874. The molecular formula is C13H16N2S2. The van der Waals surface area contributed by atoms with Crippen LogP contribution in [0.4, 0.5) is 0 Å². The van der Waals surface area contributed by atoms with E-state index in [2.05, 4.69) is 36.2 Å². The van der Waals surface area contributed by atoms with Crippen molar-refractivity contribution in [2.75, 3.05) is 5.75 Å². The van der Waals surface area contributed by atoms with Crippen LogP contribution in [0.2, 0.25) is 0 Å². The Bertz CT molecular complexity index is 437. The topological polar surface area (TPSA) is 38.9 Å². The van der Waals surface area contributed by atoms with Crippen molar-refractivity contribution >= 4 is 23.1 Å². The van der Waals surface area contributed by atoms with Crippen LogP contribution < -0.4 is 5.73 Å². The summed E-state index contributed by atoms with van der Waals surface area (Å²) < 4.78 is 1.09. The summed E-state index contributed by atoms with van der Waals surface area (Å²) in [6, 6.07) is 8.65. The molecule has 2 N–H and O–H groups in total. The molecule has 4 heteroatoms. The molecule has 2 rings (SSSR count). The van der Waals surface area contributed by atoms with Crippen LogP contribution in [0.25, 0.3) is 0 Å². The molecule has 0 aliphatic carbocycles. The molecule has 0 bridgehead atoms. The molecule has 90 valence electrons. The zero-order chi connectivity index (χ0) is 12.1. The highest BCUT2D eigenvalue weighted by Crippen LogP contribution is 2.25. The Morgan fingerprint density at radius 3 is 2.71 bits per heavy atom. The molecule has 0 fully saturated rings. The highest BCUT2D eigenvalue weighted by molar-refractivity contribution is 8.01. The highest BCUT2D eigenvalue weighted by atomic mass is 32.2. The number of hydrogen-bond acceptors (Lipinski definition) is 4. The lowest BCUT2D eigenvalue weighted by molar-refractivity contribution is 0.829. The maximum atomic E-state index is 6.16. The quantitative estimate of drug-likeness (QED) is 0.840. The van der Waals surface area contributed by atoms with E-state index < -0.39 is 0 Å². The zero-order valence-electron chi connectivity index (χ0n) is 9.80. The summed E-state index contributed by atoms with van der Waals surface area (Å²) in [5.41, 5.74) is 8.71. The smallest absolute Gasteiger partial charge is 0.149 e. The van der Waals surface area contributed by atoms with Gasteiger partial charge in [0.2, 0.25) is 0 Å². The predicted octanol–water partition coefficient (Wildman–Crippen LogP) is 3.50. The minimum Gasteiger partial charge on any atom is -0.323 e. The monoisotopic (exact) mass is 264 g/mol. The molecule has 17 heavy (non-hydrogen) atoms. The van der Waals surface area contributed by atoms with Gasteiger partial charge in [-0.15, -0.1) is 11.3 Å². The maximum Gasteiger partial charge on any atom is 0.149 e. The van der Waals surface area contributed by atoms with Crippen molar-refractivity contribution in [1.82, 2.24) is 4.98 Å². The fourth-order valence-electron chi connectivity index (χ4n) is 1.54. The summed E-state index contributed by atoms with van der Waals surface area (Å²) in [4.78, 5) is 4.24. The summed E-state index contributed by atoms with van der Waals surface area (Å²) in [6.45, 7) is 2.16. The van der Waals surface area contributed by atoms with E-state index in [-0.39, 0.29) is 6.04 Å². The fraction of sp³-hybridized carbons (Fsp3) is 0.308. The number of thioether (sulfide) groups is 1. The largest absolute Gasteiger partial charge is 0.323 e. The first kappa shape index (κ1) is 12.6. The summed E-state index contributed by atoms with van der Waals surface area (Å²) in [7, 11) is 0. The second-order valence-corrected chi connectivity index (χ2v) is 5.97. The molecule has 1 aromatic heterocycles. The van der Waals surface area contributed by atoms with E-state index in [1.54, 1.807) is 23.1 Å². The van der Waals surface area contributed by atoms with E-state index in [9.17, 15) is 0 Å². The van der Waals surface area contributed by atoms with Gasteiger partial charge in [0.1, 0.15) is 4.34 Å². The Morgan fingerprint density at radius 2 is 2.12 bits per heavy atom. The van der Waals surface area contributed by atoms with Gasteiger partial charge in [-0.2, -0.15) is 0 Å². The first-order chi connectivity index (χ1) is 8.29. The van der Waals surface area contributed by atoms with Gasteiger partial charge in [0.15, 0.2) is 0 Å². The average molecular weight is 264 g/mol. The molecule has 0 spiro atoms. The molecule has 1 aromatic carbocycles. The predicted molar refractivity (Wildman–Crippen MR) is 75.6 cm³/mol. The van der Waals surface area contributed by atoms with Crippen LogP contribution in [-0.4, -0.2) is 10.7 Å². The summed E-state index contributed by atoms with van der Waals surface area (Å²) in [5, 5.41) is 1.99. The van der Waals surface area contributed by atoms with Crippen LogP contribution in [0.3, 0.4) is 0 Å². The first-order valence-corrected chi connectivity index (χ1v) is 7.53. The molecule has 1 unspecified atom stereocenters. The highest BCUT2D eigenvalue weighted by Gasteiger charge is 2.07. The van der Waals surface area contributed by atoms with Gasteiger partial charge in [0.25, 0.3) is 0 Å². The number of aromatic nitrogens is 1. The number of thiazole rings is 1. The Hall–Kier alpha value is -0.840. The van der Waals surface area contributed by atoms with Gasteiger partial charge in [-0.25, -0.2) is 4.98 Å². The van der Waals surface area contributed by atoms with Crippen molar-refractivity contribution < 1.29 is 0 Å². The molecule has 2 aromatic rings. The Labute approximate surface area is 110 Å². The molecule has 0 radical (unpaired) electrons. The van der Waals surface area contributed by atoms with Crippen molar-refractivity contribution in [1.29, 1.82) is 0 Å². The second kappa shape index (κ2) is 6.19. The minimum atomic E-state index is 0.0785. The fourth-order valence-corrected chi connectivity index (χ4v) is 3.19. The molecule has 2 nitrogen and oxygen atoms in total. The molecule has 0 saturated carbocycles. The number of nitrogens with two attached hydrogens (primary N) is 1. The van der Waals surface area contributed by atoms with Crippen molar-refractivity contribution in [3.8, 4) is 0 Å². The number of aryl methyl sites for hydroxylation is 1.